The van der Waals surface area contributed by atoms with Gasteiger partial charge < -0.3 is 5.32 Å². The predicted molar refractivity (Wildman–Crippen MR) is 118 cm³/mol. The number of para-hydroxylation sites is 1. The van der Waals surface area contributed by atoms with Crippen molar-refractivity contribution in [2.24, 2.45) is 0 Å². The van der Waals surface area contributed by atoms with Crippen molar-refractivity contribution in [3.05, 3.63) is 90.3 Å². The standard InChI is InChI=1S/C23H21N5OS/c1-17-9-8-14-24-20(17)15-25-21(29)16-30-23-27-26-22(18-10-4-2-5-11-18)28(23)19-12-6-3-7-13-19/h2-14H,15-16H2,1H3,(H,25,29). The Hall–Kier alpha value is -3.45. The molecule has 2 aromatic carbocycles. The molecule has 1 N–H and O–H groups in total. The Morgan fingerprint density at radius 3 is 2.43 bits per heavy atom. The molecule has 0 atom stereocenters. The molecule has 0 unspecified atom stereocenters. The Kier molecular flexibility index (Phi) is 6.20. The molecule has 0 aliphatic carbocycles. The molecule has 0 saturated heterocycles. The van der Waals surface area contributed by atoms with Gasteiger partial charge >= 0.3 is 0 Å². The van der Waals surface area contributed by atoms with Crippen LogP contribution in [0, 0.1) is 6.92 Å². The minimum atomic E-state index is -0.0751. The lowest BCUT2D eigenvalue weighted by atomic mass is 10.2. The van der Waals surface area contributed by atoms with Crippen LogP contribution in [-0.4, -0.2) is 31.4 Å². The maximum absolute atomic E-state index is 12.4. The van der Waals surface area contributed by atoms with Crippen LogP contribution in [0.2, 0.25) is 0 Å². The SMILES string of the molecule is Cc1cccnc1CNC(=O)CSc1nnc(-c2ccccc2)n1-c1ccccc1. The van der Waals surface area contributed by atoms with Gasteiger partial charge in [0.1, 0.15) is 0 Å². The zero-order chi connectivity index (χ0) is 20.8. The Morgan fingerprint density at radius 2 is 1.70 bits per heavy atom. The van der Waals surface area contributed by atoms with Crippen LogP contribution in [0.3, 0.4) is 0 Å². The van der Waals surface area contributed by atoms with E-state index in [9.17, 15) is 4.79 Å². The first-order valence-corrected chi connectivity index (χ1v) is 10.6. The van der Waals surface area contributed by atoms with Gasteiger partial charge in [-0.05, 0) is 30.7 Å². The first-order chi connectivity index (χ1) is 14.7. The molecule has 6 nitrogen and oxygen atoms in total. The van der Waals surface area contributed by atoms with Gasteiger partial charge in [-0.2, -0.15) is 0 Å². The highest BCUT2D eigenvalue weighted by Gasteiger charge is 2.17. The van der Waals surface area contributed by atoms with Gasteiger partial charge in [-0.25, -0.2) is 0 Å². The van der Waals surface area contributed by atoms with Crippen molar-refractivity contribution in [3.63, 3.8) is 0 Å². The highest BCUT2D eigenvalue weighted by atomic mass is 32.2. The van der Waals surface area contributed by atoms with E-state index in [1.54, 1.807) is 6.20 Å². The van der Waals surface area contributed by atoms with Crippen molar-refractivity contribution in [1.29, 1.82) is 0 Å². The summed E-state index contributed by atoms with van der Waals surface area (Å²) in [7, 11) is 0. The predicted octanol–water partition coefficient (Wildman–Crippen LogP) is 4.05. The number of carbonyl (C=O) groups is 1. The van der Waals surface area contributed by atoms with Crippen LogP contribution in [0.15, 0.2) is 84.1 Å². The molecule has 0 aliphatic heterocycles. The van der Waals surface area contributed by atoms with Crippen LogP contribution in [0.5, 0.6) is 0 Å². The summed E-state index contributed by atoms with van der Waals surface area (Å²) in [5.74, 6) is 0.911. The topological polar surface area (TPSA) is 72.7 Å². The molecule has 0 spiro atoms. The second-order valence-corrected chi connectivity index (χ2v) is 7.62. The number of hydrogen-bond acceptors (Lipinski definition) is 5. The number of hydrogen-bond donors (Lipinski definition) is 1. The van der Waals surface area contributed by atoms with Gasteiger partial charge in [-0.15, -0.1) is 10.2 Å². The summed E-state index contributed by atoms with van der Waals surface area (Å²) < 4.78 is 1.98. The maximum atomic E-state index is 12.4. The fourth-order valence-electron chi connectivity index (χ4n) is 3.01. The summed E-state index contributed by atoms with van der Waals surface area (Å²) >= 11 is 1.36. The normalized spacial score (nSPS) is 10.7. The number of aryl methyl sites for hydroxylation is 1. The molecule has 0 aliphatic rings. The van der Waals surface area contributed by atoms with Gasteiger partial charge in [0.2, 0.25) is 5.91 Å². The van der Waals surface area contributed by atoms with Gasteiger partial charge in [-0.3, -0.25) is 14.3 Å². The third-order valence-electron chi connectivity index (χ3n) is 4.58. The number of nitrogens with one attached hydrogen (secondary N) is 1. The summed E-state index contributed by atoms with van der Waals surface area (Å²) in [6.45, 7) is 2.39. The van der Waals surface area contributed by atoms with Crippen LogP contribution in [-0.2, 0) is 11.3 Å². The Balaban J connectivity index is 1.51. The van der Waals surface area contributed by atoms with Crippen molar-refractivity contribution in [2.75, 3.05) is 5.75 Å². The fourth-order valence-corrected chi connectivity index (χ4v) is 3.80. The van der Waals surface area contributed by atoms with Gasteiger partial charge in [0.25, 0.3) is 0 Å². The number of amides is 1. The average molecular weight is 416 g/mol. The molecule has 4 rings (SSSR count). The minimum Gasteiger partial charge on any atom is -0.350 e. The number of benzene rings is 2. The van der Waals surface area contributed by atoms with E-state index in [0.717, 1.165) is 28.3 Å². The van der Waals surface area contributed by atoms with E-state index in [2.05, 4.69) is 20.5 Å². The summed E-state index contributed by atoms with van der Waals surface area (Å²) in [6.07, 6.45) is 1.73. The smallest absolute Gasteiger partial charge is 0.230 e. The first-order valence-electron chi connectivity index (χ1n) is 9.58. The van der Waals surface area contributed by atoms with Gasteiger partial charge in [0, 0.05) is 17.4 Å². The van der Waals surface area contributed by atoms with E-state index >= 15 is 0 Å². The fraction of sp³-hybridized carbons (Fsp3) is 0.130. The van der Waals surface area contributed by atoms with Crippen LogP contribution in [0.1, 0.15) is 11.3 Å². The molecule has 1 amide bonds. The van der Waals surface area contributed by atoms with E-state index in [1.165, 1.54) is 11.8 Å². The van der Waals surface area contributed by atoms with Crippen molar-refractivity contribution in [3.8, 4) is 17.1 Å². The van der Waals surface area contributed by atoms with Crippen LogP contribution < -0.4 is 5.32 Å². The molecule has 0 fully saturated rings. The molecule has 0 saturated carbocycles. The zero-order valence-electron chi connectivity index (χ0n) is 16.5. The number of thioether (sulfide) groups is 1. The summed E-state index contributed by atoms with van der Waals surface area (Å²) in [4.78, 5) is 16.7. The third-order valence-corrected chi connectivity index (χ3v) is 5.51. The molecule has 7 heteroatoms. The third kappa shape index (κ3) is 4.58. The van der Waals surface area contributed by atoms with Crippen molar-refractivity contribution in [1.82, 2.24) is 25.1 Å². The highest BCUT2D eigenvalue weighted by molar-refractivity contribution is 7.99. The molecule has 30 heavy (non-hydrogen) atoms. The summed E-state index contributed by atoms with van der Waals surface area (Å²) in [5, 5.41) is 12.4. The number of pyridine rings is 1. The van der Waals surface area contributed by atoms with E-state index in [0.29, 0.717) is 11.7 Å². The maximum Gasteiger partial charge on any atom is 0.230 e. The minimum absolute atomic E-state index is 0.0751. The van der Waals surface area contributed by atoms with Crippen LogP contribution in [0.4, 0.5) is 0 Å². The number of nitrogens with zero attached hydrogens (tertiary/aromatic N) is 4. The highest BCUT2D eigenvalue weighted by Crippen LogP contribution is 2.27. The lowest BCUT2D eigenvalue weighted by Gasteiger charge is -2.10. The monoisotopic (exact) mass is 415 g/mol. The van der Waals surface area contributed by atoms with Gasteiger partial charge in [0.15, 0.2) is 11.0 Å². The molecule has 0 bridgehead atoms. The van der Waals surface area contributed by atoms with Crippen molar-refractivity contribution < 1.29 is 4.79 Å². The van der Waals surface area contributed by atoms with Crippen molar-refractivity contribution in [2.45, 2.75) is 18.6 Å². The Labute approximate surface area is 179 Å². The second-order valence-electron chi connectivity index (χ2n) is 6.68. The summed E-state index contributed by atoms with van der Waals surface area (Å²) in [5.41, 5.74) is 3.85. The summed E-state index contributed by atoms with van der Waals surface area (Å²) in [6, 6.07) is 23.7. The van der Waals surface area contributed by atoms with Gasteiger partial charge in [0.05, 0.1) is 18.0 Å². The Bertz CT molecular complexity index is 1130. The van der Waals surface area contributed by atoms with E-state index in [-0.39, 0.29) is 11.7 Å². The quantitative estimate of drug-likeness (QED) is 0.461. The first kappa shape index (κ1) is 19.8. The molecule has 4 aromatic rings. The molecule has 0 radical (unpaired) electrons. The van der Waals surface area contributed by atoms with E-state index in [4.69, 9.17) is 0 Å². The molecular weight excluding hydrogens is 394 g/mol. The molecule has 150 valence electrons. The van der Waals surface area contributed by atoms with Crippen LogP contribution >= 0.6 is 11.8 Å². The molecule has 2 heterocycles. The number of rotatable bonds is 7. The van der Waals surface area contributed by atoms with Crippen molar-refractivity contribution >= 4 is 17.7 Å². The van der Waals surface area contributed by atoms with Gasteiger partial charge in [-0.1, -0.05) is 66.4 Å². The van der Waals surface area contributed by atoms with E-state index in [1.807, 2.05) is 84.3 Å². The Morgan fingerprint density at radius 1 is 0.967 bits per heavy atom. The lowest BCUT2D eigenvalue weighted by Crippen LogP contribution is -2.25. The average Bonchev–Trinajstić information content (AvgIpc) is 3.22. The van der Waals surface area contributed by atoms with Crippen LogP contribution in [0.25, 0.3) is 17.1 Å². The largest absolute Gasteiger partial charge is 0.350 e. The zero-order valence-corrected chi connectivity index (χ0v) is 17.3. The van der Waals surface area contributed by atoms with E-state index < -0.39 is 0 Å². The molecule has 2 aromatic heterocycles. The number of aromatic nitrogens is 4. The number of carbonyl (C=O) groups excluding carboxylic acids is 1. The molecular formula is C23H21N5OS. The lowest BCUT2D eigenvalue weighted by molar-refractivity contribution is -0.118. The second kappa shape index (κ2) is 9.37.